The molecule has 0 saturated carbocycles. The van der Waals surface area contributed by atoms with E-state index in [9.17, 15) is 18.0 Å². The highest BCUT2D eigenvalue weighted by molar-refractivity contribution is 6.02. The topological polar surface area (TPSA) is 75.7 Å². The fraction of sp³-hybridized carbons (Fsp3) is 0.167. The number of aliphatic imine (C=N–C) groups is 1. The number of benzene rings is 1. The predicted octanol–water partition coefficient (Wildman–Crippen LogP) is 2.57. The van der Waals surface area contributed by atoms with E-state index >= 15 is 0 Å². The molecule has 2 rings (SSSR count). The number of rotatable bonds is 1. The number of carboxylic acid groups (broad SMARTS) is 1. The second kappa shape index (κ2) is 4.42. The molecular weight excluding hydrogens is 261 g/mol. The first-order valence-electron chi connectivity index (χ1n) is 5.25. The van der Waals surface area contributed by atoms with Crippen molar-refractivity contribution >= 4 is 23.6 Å². The lowest BCUT2D eigenvalue weighted by Gasteiger charge is -2.08. The third-order valence-corrected chi connectivity index (χ3v) is 2.60. The van der Waals surface area contributed by atoms with E-state index < -0.39 is 17.7 Å². The summed E-state index contributed by atoms with van der Waals surface area (Å²) in [6, 6.07) is 2.92. The zero-order valence-electron chi connectivity index (χ0n) is 9.53. The van der Waals surface area contributed by atoms with Gasteiger partial charge in [0.15, 0.2) is 0 Å². The van der Waals surface area contributed by atoms with E-state index in [1.54, 1.807) is 0 Å². The van der Waals surface area contributed by atoms with Crippen LogP contribution in [0.15, 0.2) is 28.8 Å². The number of alkyl halides is 3. The molecular formula is C12H9F3N2O2. The third kappa shape index (κ3) is 2.75. The zero-order valence-corrected chi connectivity index (χ0v) is 9.53. The molecule has 0 aromatic heterocycles. The number of aliphatic carboxylic acids is 1. The number of nitrogens with zero attached hydrogens (tertiary/aromatic N) is 1. The molecule has 1 aliphatic heterocycles. The van der Waals surface area contributed by atoms with Gasteiger partial charge in [0.2, 0.25) is 0 Å². The van der Waals surface area contributed by atoms with Gasteiger partial charge in [0.25, 0.3) is 0 Å². The van der Waals surface area contributed by atoms with Crippen LogP contribution in [0.2, 0.25) is 0 Å². The molecule has 100 valence electrons. The van der Waals surface area contributed by atoms with Crippen molar-refractivity contribution in [2.45, 2.75) is 12.6 Å². The minimum absolute atomic E-state index is 0.0141. The Morgan fingerprint density at radius 1 is 1.37 bits per heavy atom. The first kappa shape index (κ1) is 13.1. The Balaban J connectivity index is 2.58. The Morgan fingerprint density at radius 2 is 2.05 bits per heavy atom. The quantitative estimate of drug-likeness (QED) is 0.823. The second-order valence-electron chi connectivity index (χ2n) is 4.03. The van der Waals surface area contributed by atoms with E-state index in [0.29, 0.717) is 5.56 Å². The summed E-state index contributed by atoms with van der Waals surface area (Å²) < 4.78 is 37.7. The highest BCUT2D eigenvalue weighted by atomic mass is 19.4. The molecule has 0 aliphatic carbocycles. The number of amidine groups is 1. The molecule has 1 aromatic carbocycles. The summed E-state index contributed by atoms with van der Waals surface area (Å²) in [4.78, 5) is 14.8. The smallest absolute Gasteiger partial charge is 0.416 e. The maximum Gasteiger partial charge on any atom is 0.416 e. The Morgan fingerprint density at radius 3 is 2.63 bits per heavy atom. The number of fused-ring (bicyclic) bond motifs is 1. The summed E-state index contributed by atoms with van der Waals surface area (Å²) in [6.07, 6.45) is -3.31. The maximum absolute atomic E-state index is 12.6. The molecule has 0 saturated heterocycles. The minimum Gasteiger partial charge on any atom is -0.478 e. The van der Waals surface area contributed by atoms with Crippen molar-refractivity contribution in [2.75, 3.05) is 0 Å². The lowest BCUT2D eigenvalue weighted by atomic mass is 10.1. The third-order valence-electron chi connectivity index (χ3n) is 2.60. The van der Waals surface area contributed by atoms with E-state index in [-0.39, 0.29) is 23.5 Å². The number of hydrogen-bond donors (Lipinski definition) is 2. The number of nitrogens with two attached hydrogens (primary N) is 1. The van der Waals surface area contributed by atoms with Gasteiger partial charge < -0.3 is 10.8 Å². The van der Waals surface area contributed by atoms with Crippen LogP contribution in [-0.4, -0.2) is 16.9 Å². The predicted molar refractivity (Wildman–Crippen MR) is 63.0 cm³/mol. The molecule has 0 radical (unpaired) electrons. The number of carboxylic acids is 1. The van der Waals surface area contributed by atoms with Gasteiger partial charge in [-0.3, -0.25) is 0 Å². The van der Waals surface area contributed by atoms with Gasteiger partial charge >= 0.3 is 12.1 Å². The summed E-state index contributed by atoms with van der Waals surface area (Å²) in [5.41, 5.74) is 4.95. The average molecular weight is 270 g/mol. The lowest BCUT2D eigenvalue weighted by molar-refractivity contribution is -0.137. The van der Waals surface area contributed by atoms with Crippen LogP contribution in [0.1, 0.15) is 17.5 Å². The van der Waals surface area contributed by atoms with E-state index in [4.69, 9.17) is 10.8 Å². The molecule has 3 N–H and O–H groups in total. The van der Waals surface area contributed by atoms with Crippen LogP contribution in [0.3, 0.4) is 0 Å². The number of hydrogen-bond acceptors (Lipinski definition) is 3. The molecule has 1 heterocycles. The van der Waals surface area contributed by atoms with Gasteiger partial charge in [-0.25, -0.2) is 9.79 Å². The molecule has 4 nitrogen and oxygen atoms in total. The van der Waals surface area contributed by atoms with Crippen LogP contribution in [0.4, 0.5) is 18.9 Å². The first-order chi connectivity index (χ1) is 8.77. The van der Waals surface area contributed by atoms with Crippen molar-refractivity contribution in [3.8, 4) is 0 Å². The van der Waals surface area contributed by atoms with Crippen molar-refractivity contribution in [1.29, 1.82) is 0 Å². The van der Waals surface area contributed by atoms with E-state index in [1.165, 1.54) is 12.1 Å². The van der Waals surface area contributed by atoms with Crippen LogP contribution < -0.4 is 5.73 Å². The summed E-state index contributed by atoms with van der Waals surface area (Å²) in [6.45, 7) is 0. The Labute approximate surface area is 106 Å². The molecule has 0 atom stereocenters. The molecule has 1 aromatic rings. The van der Waals surface area contributed by atoms with Gasteiger partial charge in [0, 0.05) is 17.6 Å². The van der Waals surface area contributed by atoms with Crippen molar-refractivity contribution in [3.05, 3.63) is 34.9 Å². The largest absolute Gasteiger partial charge is 0.478 e. The first-order valence-corrected chi connectivity index (χ1v) is 5.25. The van der Waals surface area contributed by atoms with Gasteiger partial charge in [-0.2, -0.15) is 13.2 Å². The SMILES string of the molecule is NC1=Nc2cc(C(F)(F)F)ccc2C=C(C(=O)O)C1. The molecule has 0 fully saturated rings. The van der Waals surface area contributed by atoms with Gasteiger partial charge in [-0.15, -0.1) is 0 Å². The molecule has 0 unspecified atom stereocenters. The maximum atomic E-state index is 12.6. The van der Waals surface area contributed by atoms with Gasteiger partial charge in [-0.05, 0) is 18.2 Å². The normalized spacial score (nSPS) is 15.1. The summed E-state index contributed by atoms with van der Waals surface area (Å²) >= 11 is 0. The molecule has 0 bridgehead atoms. The lowest BCUT2D eigenvalue weighted by Crippen LogP contribution is -2.14. The highest BCUT2D eigenvalue weighted by Crippen LogP contribution is 2.35. The zero-order chi connectivity index (χ0) is 14.2. The Kier molecular flexibility index (Phi) is 3.05. The standard InChI is InChI=1S/C12H9F3N2O2/c13-12(14,15)8-2-1-6-3-7(11(18)19)4-10(16)17-9(6)5-8/h1-3,5H,4H2,(H2,16,17)(H,18,19). The van der Waals surface area contributed by atoms with Crippen molar-refractivity contribution in [1.82, 2.24) is 0 Å². The number of halogens is 3. The van der Waals surface area contributed by atoms with Crippen LogP contribution in [0, 0.1) is 0 Å². The van der Waals surface area contributed by atoms with Crippen LogP contribution in [-0.2, 0) is 11.0 Å². The molecule has 19 heavy (non-hydrogen) atoms. The fourth-order valence-electron chi connectivity index (χ4n) is 1.70. The molecule has 1 aliphatic rings. The van der Waals surface area contributed by atoms with E-state index in [2.05, 4.69) is 4.99 Å². The highest BCUT2D eigenvalue weighted by Gasteiger charge is 2.31. The summed E-state index contributed by atoms with van der Waals surface area (Å²) in [7, 11) is 0. The summed E-state index contributed by atoms with van der Waals surface area (Å²) in [5.74, 6) is -1.21. The monoisotopic (exact) mass is 270 g/mol. The van der Waals surface area contributed by atoms with Crippen LogP contribution >= 0.6 is 0 Å². The minimum atomic E-state index is -4.48. The Hall–Kier alpha value is -2.31. The van der Waals surface area contributed by atoms with E-state index in [1.807, 2.05) is 0 Å². The molecule has 0 spiro atoms. The van der Waals surface area contributed by atoms with Crippen molar-refractivity contribution in [2.24, 2.45) is 10.7 Å². The molecule has 0 amide bonds. The van der Waals surface area contributed by atoms with Crippen molar-refractivity contribution in [3.63, 3.8) is 0 Å². The number of carbonyl (C=O) groups is 1. The Bertz CT molecular complexity index is 603. The van der Waals surface area contributed by atoms with E-state index in [0.717, 1.165) is 12.1 Å². The van der Waals surface area contributed by atoms with Gasteiger partial charge in [-0.1, -0.05) is 6.07 Å². The van der Waals surface area contributed by atoms with Gasteiger partial charge in [0.1, 0.15) is 5.84 Å². The van der Waals surface area contributed by atoms with Crippen LogP contribution in [0.25, 0.3) is 6.08 Å². The van der Waals surface area contributed by atoms with Crippen molar-refractivity contribution < 1.29 is 23.1 Å². The van der Waals surface area contributed by atoms with Gasteiger partial charge in [0.05, 0.1) is 11.3 Å². The summed E-state index contributed by atoms with van der Waals surface area (Å²) in [5, 5.41) is 8.93. The average Bonchev–Trinajstić information content (AvgIpc) is 2.44. The fourth-order valence-corrected chi connectivity index (χ4v) is 1.70. The van der Waals surface area contributed by atoms with Crippen LogP contribution in [0.5, 0.6) is 0 Å². The molecule has 7 heteroatoms. The second-order valence-corrected chi connectivity index (χ2v) is 4.03.